The van der Waals surface area contributed by atoms with Crippen molar-refractivity contribution in [3.8, 4) is 51.7 Å². The molecule has 2 heterocycles. The lowest BCUT2D eigenvalue weighted by atomic mass is 9.80. The second kappa shape index (κ2) is 12.3. The van der Waals surface area contributed by atoms with Crippen LogP contribution in [0.15, 0.2) is 115 Å². The quantitative estimate of drug-likeness (QED) is 0.0858. The molecule has 254 valence electrons. The van der Waals surface area contributed by atoms with Crippen LogP contribution in [-0.2, 0) is 0 Å². The first-order valence-electron chi connectivity index (χ1n) is 16.3. The van der Waals surface area contributed by atoms with Crippen molar-refractivity contribution in [1.82, 2.24) is 0 Å². The van der Waals surface area contributed by atoms with Gasteiger partial charge >= 0.3 is 0 Å². The number of aromatic hydroxyl groups is 7. The lowest BCUT2D eigenvalue weighted by Gasteiger charge is -2.22. The van der Waals surface area contributed by atoms with Crippen LogP contribution in [0.25, 0.3) is 12.2 Å². The molecule has 6 aromatic carbocycles. The Hall–Kier alpha value is -6.74. The number of ether oxygens (including phenoxy) is 2. The van der Waals surface area contributed by atoms with E-state index in [1.54, 1.807) is 91.0 Å². The van der Waals surface area contributed by atoms with Gasteiger partial charge in [-0.05, 0) is 100 Å². The molecule has 0 spiro atoms. The van der Waals surface area contributed by atoms with E-state index in [9.17, 15) is 35.7 Å². The van der Waals surface area contributed by atoms with E-state index < -0.39 is 24.0 Å². The van der Waals surface area contributed by atoms with Crippen molar-refractivity contribution in [1.29, 1.82) is 0 Å². The fraction of sp³-hybridized carbons (Fsp3) is 0.0952. The van der Waals surface area contributed by atoms with Crippen LogP contribution in [-0.4, -0.2) is 35.7 Å². The fourth-order valence-electron chi connectivity index (χ4n) is 7.24. The molecule has 9 nitrogen and oxygen atoms in total. The molecular formula is C42H32O9. The second-order valence-corrected chi connectivity index (χ2v) is 12.8. The topological polar surface area (TPSA) is 160 Å². The first-order valence-corrected chi connectivity index (χ1v) is 16.3. The zero-order chi connectivity index (χ0) is 35.4. The van der Waals surface area contributed by atoms with Crippen molar-refractivity contribution in [2.24, 2.45) is 0 Å². The van der Waals surface area contributed by atoms with Crippen molar-refractivity contribution in [3.63, 3.8) is 0 Å². The summed E-state index contributed by atoms with van der Waals surface area (Å²) in [6.45, 7) is 0. The third-order valence-electron chi connectivity index (χ3n) is 9.47. The highest BCUT2D eigenvalue weighted by molar-refractivity contribution is 5.76. The maximum absolute atomic E-state index is 11.9. The predicted octanol–water partition coefficient (Wildman–Crippen LogP) is 8.33. The summed E-state index contributed by atoms with van der Waals surface area (Å²) >= 11 is 0. The van der Waals surface area contributed by atoms with Gasteiger partial charge in [-0.25, -0.2) is 0 Å². The Bertz CT molecular complexity index is 2270. The molecule has 51 heavy (non-hydrogen) atoms. The van der Waals surface area contributed by atoms with Crippen molar-refractivity contribution in [2.45, 2.75) is 24.0 Å². The van der Waals surface area contributed by atoms with Crippen molar-refractivity contribution < 1.29 is 45.2 Å². The molecule has 2 unspecified atom stereocenters. The highest BCUT2D eigenvalue weighted by atomic mass is 16.5. The van der Waals surface area contributed by atoms with Crippen molar-refractivity contribution in [3.05, 3.63) is 160 Å². The number of benzene rings is 6. The summed E-state index contributed by atoms with van der Waals surface area (Å²) in [6.07, 6.45) is 2.40. The zero-order valence-electron chi connectivity index (χ0n) is 26.9. The highest BCUT2D eigenvalue weighted by Gasteiger charge is 2.43. The van der Waals surface area contributed by atoms with E-state index in [2.05, 4.69) is 0 Å². The number of phenols is 7. The van der Waals surface area contributed by atoms with E-state index in [4.69, 9.17) is 9.47 Å². The Morgan fingerprint density at radius 2 is 0.863 bits per heavy atom. The monoisotopic (exact) mass is 680 g/mol. The van der Waals surface area contributed by atoms with Gasteiger partial charge in [0.05, 0.1) is 11.8 Å². The largest absolute Gasteiger partial charge is 0.508 e. The molecule has 6 aromatic rings. The molecule has 0 fully saturated rings. The normalized spacial score (nSPS) is 19.0. The van der Waals surface area contributed by atoms with E-state index in [-0.39, 0.29) is 40.2 Å². The maximum atomic E-state index is 11.9. The molecule has 7 N–H and O–H groups in total. The fourth-order valence-corrected chi connectivity index (χ4v) is 7.24. The molecule has 0 bridgehead atoms. The molecular weight excluding hydrogens is 648 g/mol. The van der Waals surface area contributed by atoms with Crippen LogP contribution in [0.4, 0.5) is 0 Å². The SMILES string of the molecule is Oc1ccc(/C=C/c2cc(O)cc3c2[C@H](c2cc(O)c4c(c2)OC(c2ccc(O)cc2)C4c2cc(O)cc(O)c2)[C@@H](c2ccc(O)cc2)O3)cc1. The van der Waals surface area contributed by atoms with Crippen LogP contribution < -0.4 is 9.47 Å². The van der Waals surface area contributed by atoms with Crippen LogP contribution in [0, 0.1) is 0 Å². The smallest absolute Gasteiger partial charge is 0.135 e. The lowest BCUT2D eigenvalue weighted by molar-refractivity contribution is 0.218. The predicted molar refractivity (Wildman–Crippen MR) is 190 cm³/mol. The number of rotatable bonds is 6. The number of fused-ring (bicyclic) bond motifs is 2. The standard InChI is InChI=1S/C42H32O9/c43-28-9-2-22(3-10-28)1-4-25-15-33(48)21-36-37(25)38(41(51-36)23-5-11-29(44)12-6-23)27-18-34(49)40-35(19-27)50-42(24-7-13-30(45)14-8-24)39(40)26-16-31(46)20-32(47)17-26/h1-21,38-39,41-49H/b4-1+/t38-,39?,41+,42?/m0/s1. The summed E-state index contributed by atoms with van der Waals surface area (Å²) < 4.78 is 13.2. The van der Waals surface area contributed by atoms with Gasteiger partial charge in [0.25, 0.3) is 0 Å². The van der Waals surface area contributed by atoms with Gasteiger partial charge in [0, 0.05) is 23.3 Å². The number of hydrogen-bond acceptors (Lipinski definition) is 9. The molecule has 2 aliphatic heterocycles. The molecule has 0 aliphatic carbocycles. The summed E-state index contributed by atoms with van der Waals surface area (Å²) in [5, 5.41) is 73.3. The number of phenolic OH excluding ortho intramolecular Hbond substituents is 7. The summed E-state index contributed by atoms with van der Waals surface area (Å²) in [4.78, 5) is 0. The Morgan fingerprint density at radius 3 is 1.43 bits per heavy atom. The van der Waals surface area contributed by atoms with Gasteiger partial charge in [0.2, 0.25) is 0 Å². The summed E-state index contributed by atoms with van der Waals surface area (Å²) in [6, 6.07) is 30.9. The Balaban J connectivity index is 1.29. The maximum Gasteiger partial charge on any atom is 0.135 e. The van der Waals surface area contributed by atoms with Gasteiger partial charge < -0.3 is 45.2 Å². The Kier molecular flexibility index (Phi) is 7.60. The average molecular weight is 681 g/mol. The minimum Gasteiger partial charge on any atom is -0.508 e. The molecule has 0 radical (unpaired) electrons. The van der Waals surface area contributed by atoms with Gasteiger partial charge in [-0.2, -0.15) is 0 Å². The van der Waals surface area contributed by atoms with E-state index in [1.165, 1.54) is 18.2 Å². The molecule has 4 atom stereocenters. The van der Waals surface area contributed by atoms with Gasteiger partial charge in [0.1, 0.15) is 64.0 Å². The molecule has 2 aliphatic rings. The second-order valence-electron chi connectivity index (χ2n) is 12.8. The molecule has 0 aromatic heterocycles. The minimum atomic E-state index is -0.691. The van der Waals surface area contributed by atoms with E-state index in [0.717, 1.165) is 16.7 Å². The van der Waals surface area contributed by atoms with Crippen molar-refractivity contribution in [2.75, 3.05) is 0 Å². The third-order valence-corrected chi connectivity index (χ3v) is 9.47. The van der Waals surface area contributed by atoms with E-state index in [1.807, 2.05) is 18.2 Å². The summed E-state index contributed by atoms with van der Waals surface area (Å²) in [5.74, 6) is -0.400. The summed E-state index contributed by atoms with van der Waals surface area (Å²) in [5.41, 5.74) is 5.31. The van der Waals surface area contributed by atoms with Crippen LogP contribution >= 0.6 is 0 Å². The Morgan fingerprint density at radius 1 is 0.392 bits per heavy atom. The van der Waals surface area contributed by atoms with Crippen LogP contribution in [0.5, 0.6) is 51.7 Å². The molecule has 8 rings (SSSR count). The van der Waals surface area contributed by atoms with Gasteiger partial charge in [-0.3, -0.25) is 0 Å². The van der Waals surface area contributed by atoms with Gasteiger partial charge in [0.15, 0.2) is 0 Å². The molecule has 9 heteroatoms. The summed E-state index contributed by atoms with van der Waals surface area (Å²) in [7, 11) is 0. The molecule has 0 saturated heterocycles. The van der Waals surface area contributed by atoms with E-state index >= 15 is 0 Å². The zero-order valence-corrected chi connectivity index (χ0v) is 26.9. The minimum absolute atomic E-state index is 0.00158. The average Bonchev–Trinajstić information content (AvgIpc) is 3.68. The van der Waals surface area contributed by atoms with Crippen LogP contribution in [0.2, 0.25) is 0 Å². The van der Waals surface area contributed by atoms with Crippen LogP contribution in [0.3, 0.4) is 0 Å². The molecule has 0 saturated carbocycles. The number of hydrogen-bond donors (Lipinski definition) is 7. The first kappa shape index (κ1) is 31.5. The third kappa shape index (κ3) is 5.84. The van der Waals surface area contributed by atoms with Gasteiger partial charge in [-0.1, -0.05) is 48.6 Å². The first-order chi connectivity index (χ1) is 24.6. The molecule has 0 amide bonds. The highest BCUT2D eigenvalue weighted by Crippen LogP contribution is 2.58. The van der Waals surface area contributed by atoms with E-state index in [0.29, 0.717) is 39.3 Å². The van der Waals surface area contributed by atoms with Crippen molar-refractivity contribution >= 4 is 12.2 Å². The van der Waals surface area contributed by atoms with Gasteiger partial charge in [-0.15, -0.1) is 0 Å². The lowest BCUT2D eigenvalue weighted by Crippen LogP contribution is -2.12. The Labute approximate surface area is 292 Å². The van der Waals surface area contributed by atoms with Crippen LogP contribution in [0.1, 0.15) is 68.6 Å².